The number of carbonyl (C=O) groups excluding carboxylic acids is 1. The van der Waals surface area contributed by atoms with E-state index in [2.05, 4.69) is 5.32 Å². The smallest absolute Gasteiger partial charge is 0.349 e. The molecule has 1 N–H and O–H groups in total. The van der Waals surface area contributed by atoms with Crippen molar-refractivity contribution >= 4 is 5.91 Å². The summed E-state index contributed by atoms with van der Waals surface area (Å²) in [5.74, 6) is -4.57. The molecule has 2 nitrogen and oxygen atoms in total. The fourth-order valence-corrected chi connectivity index (χ4v) is 3.08. The van der Waals surface area contributed by atoms with Gasteiger partial charge < -0.3 is 5.32 Å². The zero-order valence-corrected chi connectivity index (χ0v) is 13.2. The van der Waals surface area contributed by atoms with Crippen molar-refractivity contribution in [2.45, 2.75) is 31.0 Å². The van der Waals surface area contributed by atoms with Gasteiger partial charge in [-0.3, -0.25) is 4.79 Å². The number of amides is 1. The maximum Gasteiger partial charge on any atom is 0.417 e. The number of hydrogen-bond donors (Lipinski definition) is 1. The Hall–Kier alpha value is -2.51. The maximum atomic E-state index is 13.9. The van der Waals surface area contributed by atoms with Gasteiger partial charge in [0.25, 0.3) is 5.91 Å². The Bertz CT molecular complexity index is 848. The van der Waals surface area contributed by atoms with Crippen LogP contribution in [0.5, 0.6) is 0 Å². The molecule has 8 heteroatoms. The Labute approximate surface area is 144 Å². The van der Waals surface area contributed by atoms with Crippen LogP contribution < -0.4 is 5.32 Å². The molecule has 0 heterocycles. The van der Waals surface area contributed by atoms with Crippen LogP contribution in [0.4, 0.5) is 26.3 Å². The van der Waals surface area contributed by atoms with Crippen molar-refractivity contribution < 1.29 is 31.1 Å². The lowest BCUT2D eigenvalue weighted by atomic mass is 9.74. The largest absolute Gasteiger partial charge is 0.417 e. The minimum atomic E-state index is -4.89. The fraction of sp³-hybridized carbons (Fsp3) is 0.278. The molecule has 0 aromatic heterocycles. The van der Waals surface area contributed by atoms with E-state index < -0.39 is 52.6 Å². The van der Waals surface area contributed by atoms with Crippen molar-refractivity contribution in [1.29, 1.82) is 0 Å². The van der Waals surface area contributed by atoms with Crippen LogP contribution in [-0.4, -0.2) is 11.9 Å². The number of hydrogen-bond acceptors (Lipinski definition) is 1. The highest BCUT2D eigenvalue weighted by Crippen LogP contribution is 2.39. The van der Waals surface area contributed by atoms with E-state index in [4.69, 9.17) is 0 Å². The topological polar surface area (TPSA) is 29.1 Å². The molecule has 1 aliphatic carbocycles. The second-order valence-electron chi connectivity index (χ2n) is 6.09. The number of alkyl halides is 3. The van der Waals surface area contributed by atoms with Gasteiger partial charge in [-0.25, -0.2) is 13.2 Å². The molecule has 1 saturated carbocycles. The van der Waals surface area contributed by atoms with Gasteiger partial charge in [0.1, 0.15) is 17.5 Å². The molecule has 1 fully saturated rings. The Morgan fingerprint density at radius 2 is 1.73 bits per heavy atom. The molecule has 0 unspecified atom stereocenters. The van der Waals surface area contributed by atoms with Gasteiger partial charge in [-0.2, -0.15) is 13.2 Å². The second-order valence-corrected chi connectivity index (χ2v) is 6.09. The van der Waals surface area contributed by atoms with Gasteiger partial charge in [0.05, 0.1) is 11.1 Å². The van der Waals surface area contributed by atoms with Gasteiger partial charge in [-0.15, -0.1) is 0 Å². The van der Waals surface area contributed by atoms with E-state index in [1.165, 1.54) is 6.07 Å². The number of carbonyl (C=O) groups is 1. The van der Waals surface area contributed by atoms with Crippen LogP contribution in [0.1, 0.15) is 40.2 Å². The van der Waals surface area contributed by atoms with Gasteiger partial charge in [-0.1, -0.05) is 12.1 Å². The summed E-state index contributed by atoms with van der Waals surface area (Å²) in [6.45, 7) is 0. The minimum Gasteiger partial charge on any atom is -0.349 e. The Morgan fingerprint density at radius 1 is 1.00 bits per heavy atom. The average Bonchev–Trinajstić information content (AvgIpc) is 2.52. The summed E-state index contributed by atoms with van der Waals surface area (Å²) < 4.78 is 79.8. The van der Waals surface area contributed by atoms with Crippen LogP contribution in [0, 0.1) is 17.5 Å². The van der Waals surface area contributed by atoms with Gasteiger partial charge >= 0.3 is 6.18 Å². The van der Waals surface area contributed by atoms with Gasteiger partial charge in [0.15, 0.2) is 0 Å². The summed E-state index contributed by atoms with van der Waals surface area (Å²) >= 11 is 0. The number of nitrogens with one attached hydrogen (secondary N) is 1. The van der Waals surface area contributed by atoms with Crippen LogP contribution in [0.3, 0.4) is 0 Å². The van der Waals surface area contributed by atoms with Crippen molar-refractivity contribution in [3.05, 3.63) is 70.5 Å². The summed E-state index contributed by atoms with van der Waals surface area (Å²) in [5, 5.41) is 2.34. The van der Waals surface area contributed by atoms with E-state index in [0.29, 0.717) is 25.0 Å². The zero-order chi connectivity index (χ0) is 19.1. The molecule has 0 aliphatic heterocycles. The summed E-state index contributed by atoms with van der Waals surface area (Å²) in [6, 6.07) is 4.59. The summed E-state index contributed by atoms with van der Waals surface area (Å²) in [6.07, 6.45) is -4.03. The van der Waals surface area contributed by atoms with Crippen LogP contribution in [0.25, 0.3) is 0 Å². The standard InChI is InChI=1S/C18H13F6NO/c19-9-4-5-10(14(21)8-9)11-6-7-15(11)25-17(26)16-12(18(22,23)24)2-1-3-13(16)20/h1-5,8,11,15H,6-7H2,(H,25,26)/t11-,15-/m0/s1. The van der Waals surface area contributed by atoms with E-state index in [0.717, 1.165) is 18.2 Å². The predicted octanol–water partition coefficient (Wildman–Crippen LogP) is 4.80. The van der Waals surface area contributed by atoms with Crippen molar-refractivity contribution in [2.24, 2.45) is 0 Å². The molecule has 138 valence electrons. The summed E-state index contributed by atoms with van der Waals surface area (Å²) in [7, 11) is 0. The third kappa shape index (κ3) is 3.40. The van der Waals surface area contributed by atoms with Crippen molar-refractivity contribution in [2.75, 3.05) is 0 Å². The Morgan fingerprint density at radius 3 is 2.31 bits per heavy atom. The molecule has 0 spiro atoms. The molecule has 0 radical (unpaired) electrons. The summed E-state index contributed by atoms with van der Waals surface area (Å²) in [5.41, 5.74) is -2.31. The van der Waals surface area contributed by atoms with Gasteiger partial charge in [0, 0.05) is 18.0 Å². The zero-order valence-electron chi connectivity index (χ0n) is 13.2. The lowest BCUT2D eigenvalue weighted by Crippen LogP contribution is -2.46. The monoisotopic (exact) mass is 373 g/mol. The molecule has 2 aromatic rings. The molecular weight excluding hydrogens is 360 g/mol. The highest BCUT2D eigenvalue weighted by molar-refractivity contribution is 5.96. The Kier molecular flexibility index (Phi) is 4.68. The lowest BCUT2D eigenvalue weighted by Gasteiger charge is -2.37. The first-order valence-corrected chi connectivity index (χ1v) is 7.80. The predicted molar refractivity (Wildman–Crippen MR) is 81.0 cm³/mol. The highest BCUT2D eigenvalue weighted by Gasteiger charge is 2.39. The maximum absolute atomic E-state index is 13.9. The van der Waals surface area contributed by atoms with E-state index in [-0.39, 0.29) is 5.56 Å². The van der Waals surface area contributed by atoms with E-state index in [1.807, 2.05) is 0 Å². The number of rotatable bonds is 3. The van der Waals surface area contributed by atoms with Crippen LogP contribution in [-0.2, 0) is 6.18 Å². The number of halogens is 6. The lowest BCUT2D eigenvalue weighted by molar-refractivity contribution is -0.138. The van der Waals surface area contributed by atoms with Crippen LogP contribution >= 0.6 is 0 Å². The van der Waals surface area contributed by atoms with Crippen molar-refractivity contribution in [3.63, 3.8) is 0 Å². The van der Waals surface area contributed by atoms with Gasteiger partial charge in [-0.05, 0) is 36.6 Å². The van der Waals surface area contributed by atoms with Gasteiger partial charge in [0.2, 0.25) is 0 Å². The molecule has 26 heavy (non-hydrogen) atoms. The first-order chi connectivity index (χ1) is 12.2. The average molecular weight is 373 g/mol. The molecule has 2 atom stereocenters. The quantitative estimate of drug-likeness (QED) is 0.770. The number of benzene rings is 2. The molecule has 0 bridgehead atoms. The van der Waals surface area contributed by atoms with Crippen molar-refractivity contribution in [1.82, 2.24) is 5.32 Å². The normalized spacial score (nSPS) is 19.8. The first kappa shape index (κ1) is 18.3. The van der Waals surface area contributed by atoms with Crippen molar-refractivity contribution in [3.8, 4) is 0 Å². The molecule has 1 aliphatic rings. The molecular formula is C18H13F6NO. The van der Waals surface area contributed by atoms with E-state index in [9.17, 15) is 31.1 Å². The third-order valence-corrected chi connectivity index (χ3v) is 4.50. The summed E-state index contributed by atoms with van der Waals surface area (Å²) in [4.78, 5) is 12.2. The van der Waals surface area contributed by atoms with E-state index >= 15 is 0 Å². The minimum absolute atomic E-state index is 0.160. The molecule has 2 aromatic carbocycles. The van der Waals surface area contributed by atoms with Crippen LogP contribution in [0.15, 0.2) is 36.4 Å². The molecule has 0 saturated heterocycles. The second kappa shape index (κ2) is 6.66. The first-order valence-electron chi connectivity index (χ1n) is 7.80. The Balaban J connectivity index is 1.83. The third-order valence-electron chi connectivity index (χ3n) is 4.50. The van der Waals surface area contributed by atoms with E-state index in [1.54, 1.807) is 0 Å². The molecule has 3 rings (SSSR count). The molecule has 1 amide bonds. The highest BCUT2D eigenvalue weighted by atomic mass is 19.4. The van der Waals surface area contributed by atoms with Crippen LogP contribution in [0.2, 0.25) is 0 Å². The SMILES string of the molecule is O=C(N[C@H]1CC[C@H]1c1ccc(F)cc1F)c1c(F)cccc1C(F)(F)F. The fourth-order valence-electron chi connectivity index (χ4n) is 3.08.